The Morgan fingerprint density at radius 2 is 1.65 bits per heavy atom. The molecular weight excluding hydrogens is 559 g/mol. The monoisotopic (exact) mass is 604 g/mol. The molecule has 0 amide bonds. The summed E-state index contributed by atoms with van der Waals surface area (Å²) in [5.41, 5.74) is 3.45. The number of fused-ring (bicyclic) bond motifs is 1. The summed E-state index contributed by atoms with van der Waals surface area (Å²) in [7, 11) is -5.57. The zero-order valence-corrected chi connectivity index (χ0v) is 27.3. The van der Waals surface area contributed by atoms with Crippen LogP contribution in [-0.2, 0) is 51.4 Å². The Morgan fingerprint density at radius 1 is 1.00 bits per heavy atom. The fraction of sp³-hybridized carbons (Fsp3) is 0.815. The van der Waals surface area contributed by atoms with E-state index in [1.54, 1.807) is 41.5 Å². The summed E-state index contributed by atoms with van der Waals surface area (Å²) in [4.78, 5) is 13.8. The maximum absolute atomic E-state index is 13.8. The first-order valence-electron chi connectivity index (χ1n) is 13.8. The number of carbonyl (C=O) groups is 1. The highest BCUT2D eigenvalue weighted by Crippen LogP contribution is 2.52. The zero-order valence-electron chi connectivity index (χ0n) is 25.4. The summed E-state index contributed by atoms with van der Waals surface area (Å²) < 4.78 is 65.3. The zero-order chi connectivity index (χ0) is 29.9. The molecule has 0 radical (unpaired) electrons. The third-order valence-corrected chi connectivity index (χ3v) is 8.70. The molecule has 5 atom stereocenters. The number of ether oxygens (including phenoxy) is 6. The molecule has 3 rings (SSSR count). The quantitative estimate of drug-likeness (QED) is 0.0787. The van der Waals surface area contributed by atoms with Crippen LogP contribution in [0.5, 0.6) is 0 Å². The van der Waals surface area contributed by atoms with Gasteiger partial charge in [0, 0.05) is 6.42 Å². The van der Waals surface area contributed by atoms with Crippen LogP contribution in [0.3, 0.4) is 0 Å². The third-order valence-electron chi connectivity index (χ3n) is 6.12. The lowest BCUT2D eigenvalue weighted by Gasteiger charge is -2.29. The van der Waals surface area contributed by atoms with E-state index in [9.17, 15) is 9.36 Å². The van der Waals surface area contributed by atoms with E-state index in [0.29, 0.717) is 6.42 Å². The molecule has 3 aliphatic rings. The van der Waals surface area contributed by atoms with Crippen LogP contribution in [0, 0.1) is 11.5 Å². The summed E-state index contributed by atoms with van der Waals surface area (Å²) in [5.74, 6) is 0.807. The predicted molar refractivity (Wildman–Crippen MR) is 148 cm³/mol. The van der Waals surface area contributed by atoms with Crippen molar-refractivity contribution in [3.63, 3.8) is 0 Å². The Hall–Kier alpha value is -1.26. The van der Waals surface area contributed by atoms with Gasteiger partial charge in [-0.1, -0.05) is 19.6 Å². The molecule has 228 valence electrons. The molecule has 0 saturated carbocycles. The summed E-state index contributed by atoms with van der Waals surface area (Å²) >= 11 is 0. The molecule has 0 spiro atoms. The van der Waals surface area contributed by atoms with Crippen molar-refractivity contribution in [3.05, 3.63) is 11.3 Å². The molecule has 3 heterocycles. The maximum atomic E-state index is 13.8. The second-order valence-corrected chi connectivity index (χ2v) is 18.1. The Kier molecular flexibility index (Phi) is 10.8. The van der Waals surface area contributed by atoms with Gasteiger partial charge in [-0.25, -0.2) is 9.36 Å². The molecule has 3 saturated heterocycles. The average molecular weight is 605 g/mol. The molecule has 0 bridgehead atoms. The lowest BCUT2D eigenvalue weighted by Crippen LogP contribution is -2.45. The largest absolute Gasteiger partial charge is 0.529 e. The fourth-order valence-corrected chi connectivity index (χ4v) is 6.49. The van der Waals surface area contributed by atoms with E-state index in [4.69, 9.17) is 42.0 Å². The summed E-state index contributed by atoms with van der Waals surface area (Å²) in [5, 5.41) is 0. The molecule has 3 fully saturated rings. The maximum Gasteiger partial charge on any atom is 0.529 e. The Morgan fingerprint density at radius 3 is 2.20 bits per heavy atom. The third kappa shape index (κ3) is 8.87. The highest BCUT2D eigenvalue weighted by molar-refractivity contribution is 7.48. The highest BCUT2D eigenvalue weighted by Gasteiger charge is 2.60. The van der Waals surface area contributed by atoms with Crippen LogP contribution < -0.4 is 0 Å². The lowest BCUT2D eigenvalue weighted by molar-refractivity contribution is -0.235. The number of allylic oxidation sites excluding steroid dienone is 1. The number of rotatable bonds is 11. The predicted octanol–water partition coefficient (Wildman–Crippen LogP) is 5.06. The number of phosphoric acid groups is 1. The van der Waals surface area contributed by atoms with Gasteiger partial charge in [-0.3, -0.25) is 9.05 Å². The molecule has 0 aromatic carbocycles. The van der Waals surface area contributed by atoms with E-state index in [-0.39, 0.29) is 37.6 Å². The van der Waals surface area contributed by atoms with Gasteiger partial charge in [-0.05, 0) is 54.9 Å². The molecule has 13 heteroatoms. The number of hydrogen-bond acceptors (Lipinski definition) is 11. The number of hydrogen-bond donors (Lipinski definition) is 0. The molecule has 3 aliphatic heterocycles. The highest BCUT2D eigenvalue weighted by atomic mass is 31.2. The van der Waals surface area contributed by atoms with Crippen molar-refractivity contribution in [3.8, 4) is 11.5 Å². The van der Waals surface area contributed by atoms with Crippen molar-refractivity contribution in [1.82, 2.24) is 0 Å². The first-order valence-corrected chi connectivity index (χ1v) is 18.8. The van der Waals surface area contributed by atoms with Crippen molar-refractivity contribution in [2.75, 3.05) is 19.8 Å². The first-order chi connectivity index (χ1) is 18.5. The number of carbonyl (C=O) groups excluding carboxylic acids is 1. The van der Waals surface area contributed by atoms with Crippen molar-refractivity contribution in [2.24, 2.45) is 0 Å². The van der Waals surface area contributed by atoms with Crippen molar-refractivity contribution >= 4 is 21.9 Å². The molecule has 0 aromatic heterocycles. The minimum atomic E-state index is -3.95. The van der Waals surface area contributed by atoms with Crippen LogP contribution in [-0.4, -0.2) is 76.1 Å². The molecule has 0 aromatic rings. The summed E-state index contributed by atoms with van der Waals surface area (Å²) in [6.07, 6.45) is -2.97. The molecule has 0 unspecified atom stereocenters. The number of phosphoric ester groups is 1. The van der Waals surface area contributed by atoms with Gasteiger partial charge in [0.05, 0.1) is 25.4 Å². The second-order valence-electron chi connectivity index (χ2n) is 11.8. The van der Waals surface area contributed by atoms with E-state index in [1.165, 1.54) is 6.92 Å². The first kappa shape index (κ1) is 33.2. The Balaban J connectivity index is 1.90. The second kappa shape index (κ2) is 12.9. The standard InChI is InChI=1S/C27H45O11PSi/c1-11-31-39(29,32-12-2)38-18(3)19(15-13-14-16-40(8,9)10)24(28)33-22-21(20-17-30-26(4,5)35-20)34-25-23(22)36-27(6,7)37-25/h20-23,25H,11-13,15,17H2,1-10H3/b19-18-/t20-,21+,22-,23+,25+/m0/s1. The van der Waals surface area contributed by atoms with Gasteiger partial charge < -0.3 is 32.9 Å². The average Bonchev–Trinajstić information content (AvgIpc) is 3.42. The van der Waals surface area contributed by atoms with E-state index >= 15 is 0 Å². The fourth-order valence-electron chi connectivity index (χ4n) is 4.58. The van der Waals surface area contributed by atoms with E-state index in [2.05, 4.69) is 31.1 Å². The Labute approximate surface area is 239 Å². The van der Waals surface area contributed by atoms with Gasteiger partial charge in [-0.2, -0.15) is 0 Å². The minimum absolute atomic E-state index is 0.0718. The van der Waals surface area contributed by atoms with Crippen LogP contribution >= 0.6 is 7.82 Å². The summed E-state index contributed by atoms with van der Waals surface area (Å²) in [6, 6.07) is 0. The topological polar surface area (TPSA) is 117 Å². The smallest absolute Gasteiger partial charge is 0.453 e. The number of esters is 1. The molecule has 0 aliphatic carbocycles. The molecular formula is C27H45O11PSi. The normalized spacial score (nSPS) is 29.8. The minimum Gasteiger partial charge on any atom is -0.453 e. The van der Waals surface area contributed by atoms with Crippen LogP contribution in [0.2, 0.25) is 19.6 Å². The lowest BCUT2D eigenvalue weighted by atomic mass is 10.0. The van der Waals surface area contributed by atoms with Crippen LogP contribution in [0.1, 0.15) is 61.3 Å². The van der Waals surface area contributed by atoms with Gasteiger partial charge in [0.1, 0.15) is 26.0 Å². The SMILES string of the molecule is CCOP(=O)(OCC)O/C(C)=C(/CCC#C[Si](C)(C)C)C(=O)O[C@@H]1[C@H]2OC(C)(C)O[C@H]2O[C@@H]1[C@@H]1COC(C)(C)O1. The van der Waals surface area contributed by atoms with Gasteiger partial charge in [-0.15, -0.1) is 11.5 Å². The summed E-state index contributed by atoms with van der Waals surface area (Å²) in [6.45, 7) is 18.9. The van der Waals surface area contributed by atoms with Crippen molar-refractivity contribution in [2.45, 2.75) is 123 Å². The van der Waals surface area contributed by atoms with Gasteiger partial charge >= 0.3 is 13.8 Å². The molecule has 0 N–H and O–H groups in total. The molecule has 40 heavy (non-hydrogen) atoms. The van der Waals surface area contributed by atoms with Crippen LogP contribution in [0.25, 0.3) is 0 Å². The van der Waals surface area contributed by atoms with Gasteiger partial charge in [0.2, 0.25) is 0 Å². The van der Waals surface area contributed by atoms with E-state index in [0.717, 1.165) is 0 Å². The van der Waals surface area contributed by atoms with Crippen molar-refractivity contribution in [1.29, 1.82) is 0 Å². The van der Waals surface area contributed by atoms with E-state index < -0.39 is 64.1 Å². The van der Waals surface area contributed by atoms with E-state index in [1.807, 2.05) is 0 Å². The van der Waals surface area contributed by atoms with Gasteiger partial charge in [0.25, 0.3) is 0 Å². The van der Waals surface area contributed by atoms with Crippen LogP contribution in [0.15, 0.2) is 11.3 Å². The van der Waals surface area contributed by atoms with Crippen molar-refractivity contribution < 1.29 is 51.4 Å². The molecule has 11 nitrogen and oxygen atoms in total. The Bertz CT molecular complexity index is 1040. The van der Waals surface area contributed by atoms with Gasteiger partial charge in [0.15, 0.2) is 30.1 Å². The van der Waals surface area contributed by atoms with Crippen LogP contribution in [0.4, 0.5) is 0 Å².